The highest BCUT2D eigenvalue weighted by molar-refractivity contribution is 5.92. The van der Waals surface area contributed by atoms with Gasteiger partial charge in [0.2, 0.25) is 5.91 Å². The molecule has 0 atom stereocenters. The highest BCUT2D eigenvalue weighted by Crippen LogP contribution is 2.39. The SMILES string of the molecule is COc1ccc(C2(NC(=O)C=Cc3ccc(OCc4c(C)noc4C)c(OC)c3)CCCC2)cc1. The Morgan fingerprint density at radius 2 is 1.80 bits per heavy atom. The van der Waals surface area contributed by atoms with Crippen LogP contribution in [0.1, 0.15) is 53.8 Å². The molecule has 4 rings (SSSR count). The van der Waals surface area contributed by atoms with Gasteiger partial charge in [-0.3, -0.25) is 4.79 Å². The van der Waals surface area contributed by atoms with Crippen LogP contribution in [-0.4, -0.2) is 25.3 Å². The number of benzene rings is 2. The van der Waals surface area contributed by atoms with Crippen LogP contribution in [0.15, 0.2) is 53.1 Å². The minimum absolute atomic E-state index is 0.125. The van der Waals surface area contributed by atoms with Crippen LogP contribution < -0.4 is 19.5 Å². The number of aryl methyl sites for hydroxylation is 2. The van der Waals surface area contributed by atoms with Crippen molar-refractivity contribution in [2.45, 2.75) is 51.7 Å². The molecule has 184 valence electrons. The van der Waals surface area contributed by atoms with Gasteiger partial charge in [0, 0.05) is 6.08 Å². The van der Waals surface area contributed by atoms with Gasteiger partial charge in [0.05, 0.1) is 31.0 Å². The third kappa shape index (κ3) is 5.50. The van der Waals surface area contributed by atoms with Crippen molar-refractivity contribution in [3.8, 4) is 17.2 Å². The van der Waals surface area contributed by atoms with Crippen molar-refractivity contribution in [2.24, 2.45) is 0 Å². The van der Waals surface area contributed by atoms with Crippen LogP contribution in [0, 0.1) is 13.8 Å². The van der Waals surface area contributed by atoms with E-state index in [2.05, 4.69) is 10.5 Å². The Balaban J connectivity index is 1.44. The van der Waals surface area contributed by atoms with Crippen molar-refractivity contribution in [1.82, 2.24) is 10.5 Å². The molecule has 0 spiro atoms. The number of nitrogens with one attached hydrogen (secondary N) is 1. The van der Waals surface area contributed by atoms with Crippen LogP contribution in [0.25, 0.3) is 6.08 Å². The molecule has 1 aromatic heterocycles. The second-order valence-electron chi connectivity index (χ2n) is 8.84. The Kier molecular flexibility index (Phi) is 7.44. The van der Waals surface area contributed by atoms with E-state index in [9.17, 15) is 4.79 Å². The first kappa shape index (κ1) is 24.4. The maximum Gasteiger partial charge on any atom is 0.244 e. The number of carbonyl (C=O) groups excluding carboxylic acids is 1. The van der Waals surface area contributed by atoms with Crippen LogP contribution in [0.2, 0.25) is 0 Å². The molecular formula is C28H32N2O5. The van der Waals surface area contributed by atoms with Gasteiger partial charge in [-0.1, -0.05) is 36.2 Å². The third-order valence-corrected chi connectivity index (χ3v) is 6.63. The maximum absolute atomic E-state index is 12.9. The summed E-state index contributed by atoms with van der Waals surface area (Å²) in [6, 6.07) is 13.5. The quantitative estimate of drug-likeness (QED) is 0.412. The fourth-order valence-corrected chi connectivity index (χ4v) is 4.59. The highest BCUT2D eigenvalue weighted by Gasteiger charge is 2.36. The largest absolute Gasteiger partial charge is 0.497 e. The predicted molar refractivity (Wildman–Crippen MR) is 134 cm³/mol. The van der Waals surface area contributed by atoms with E-state index >= 15 is 0 Å². The number of amides is 1. The molecule has 0 aliphatic heterocycles. The number of aromatic nitrogens is 1. The van der Waals surface area contributed by atoms with Crippen LogP contribution in [0.5, 0.6) is 17.2 Å². The molecule has 35 heavy (non-hydrogen) atoms. The summed E-state index contributed by atoms with van der Waals surface area (Å²) in [5.74, 6) is 2.62. The number of methoxy groups -OCH3 is 2. The maximum atomic E-state index is 12.9. The first-order valence-corrected chi connectivity index (χ1v) is 11.8. The summed E-state index contributed by atoms with van der Waals surface area (Å²) < 4.78 is 21.9. The zero-order chi connectivity index (χ0) is 24.8. The predicted octanol–water partition coefficient (Wildman–Crippen LogP) is 5.49. The molecule has 7 nitrogen and oxygen atoms in total. The molecule has 1 fully saturated rings. The number of hydrogen-bond acceptors (Lipinski definition) is 6. The molecule has 1 N–H and O–H groups in total. The molecule has 1 saturated carbocycles. The molecule has 7 heteroatoms. The molecule has 1 amide bonds. The second kappa shape index (κ2) is 10.7. The highest BCUT2D eigenvalue weighted by atomic mass is 16.5. The molecule has 1 heterocycles. The minimum atomic E-state index is -0.346. The summed E-state index contributed by atoms with van der Waals surface area (Å²) in [4.78, 5) is 12.9. The molecule has 0 bridgehead atoms. The van der Waals surface area contributed by atoms with E-state index < -0.39 is 0 Å². The first-order chi connectivity index (χ1) is 16.9. The average molecular weight is 477 g/mol. The first-order valence-electron chi connectivity index (χ1n) is 11.8. The van der Waals surface area contributed by atoms with Crippen LogP contribution in [0.4, 0.5) is 0 Å². The molecule has 1 aliphatic rings. The zero-order valence-electron chi connectivity index (χ0n) is 20.7. The number of rotatable bonds is 9. The smallest absolute Gasteiger partial charge is 0.244 e. The topological polar surface area (TPSA) is 82.8 Å². The van der Waals surface area contributed by atoms with Crippen molar-refractivity contribution < 1.29 is 23.5 Å². The zero-order valence-corrected chi connectivity index (χ0v) is 20.7. The van der Waals surface area contributed by atoms with Gasteiger partial charge in [0.15, 0.2) is 11.5 Å². The van der Waals surface area contributed by atoms with Gasteiger partial charge in [-0.05, 0) is 68.2 Å². The summed E-state index contributed by atoms with van der Waals surface area (Å²) >= 11 is 0. The van der Waals surface area contributed by atoms with E-state index in [0.717, 1.165) is 59.6 Å². The van der Waals surface area contributed by atoms with Crippen molar-refractivity contribution in [1.29, 1.82) is 0 Å². The normalized spacial score (nSPS) is 14.7. The van der Waals surface area contributed by atoms with Gasteiger partial charge in [-0.15, -0.1) is 0 Å². The summed E-state index contributed by atoms with van der Waals surface area (Å²) in [7, 11) is 3.25. The standard InChI is InChI=1S/C28H32N2O5/c1-19-24(20(2)35-30-19)18-34-25-13-7-21(17-26(25)33-4)8-14-27(31)29-28(15-5-6-16-28)22-9-11-23(32-3)12-10-22/h7-14,17H,5-6,15-16,18H2,1-4H3,(H,29,31). The number of nitrogens with zero attached hydrogens (tertiary/aromatic N) is 1. The lowest BCUT2D eigenvalue weighted by Gasteiger charge is -2.30. The van der Waals surface area contributed by atoms with Gasteiger partial charge in [0.1, 0.15) is 18.1 Å². The lowest BCUT2D eigenvalue weighted by molar-refractivity contribution is -0.118. The van der Waals surface area contributed by atoms with E-state index in [1.165, 1.54) is 0 Å². The lowest BCUT2D eigenvalue weighted by atomic mass is 9.88. The van der Waals surface area contributed by atoms with E-state index in [1.807, 2.05) is 56.3 Å². The van der Waals surface area contributed by atoms with E-state index in [0.29, 0.717) is 18.1 Å². The molecule has 3 aromatic rings. The van der Waals surface area contributed by atoms with Crippen molar-refractivity contribution in [3.63, 3.8) is 0 Å². The van der Waals surface area contributed by atoms with E-state index in [-0.39, 0.29) is 11.4 Å². The third-order valence-electron chi connectivity index (χ3n) is 6.63. The van der Waals surface area contributed by atoms with Gasteiger partial charge in [0.25, 0.3) is 0 Å². The number of hydrogen-bond donors (Lipinski definition) is 1. The Morgan fingerprint density at radius 3 is 2.43 bits per heavy atom. The molecule has 1 aliphatic carbocycles. The molecule has 2 aromatic carbocycles. The van der Waals surface area contributed by atoms with Crippen LogP contribution >= 0.6 is 0 Å². The summed E-state index contributed by atoms with van der Waals surface area (Å²) in [5, 5.41) is 7.22. The molecular weight excluding hydrogens is 444 g/mol. The van der Waals surface area contributed by atoms with Crippen LogP contribution in [0.3, 0.4) is 0 Å². The van der Waals surface area contributed by atoms with Gasteiger partial charge in [-0.2, -0.15) is 0 Å². The van der Waals surface area contributed by atoms with Gasteiger partial charge >= 0.3 is 0 Å². The summed E-state index contributed by atoms with van der Waals surface area (Å²) in [5.41, 5.74) is 3.33. The molecule has 0 unspecified atom stereocenters. The molecule has 0 saturated heterocycles. The fourth-order valence-electron chi connectivity index (χ4n) is 4.59. The van der Waals surface area contributed by atoms with Gasteiger partial charge in [-0.25, -0.2) is 0 Å². The Hall–Kier alpha value is -3.74. The van der Waals surface area contributed by atoms with Crippen molar-refractivity contribution >= 4 is 12.0 Å². The molecule has 0 radical (unpaired) electrons. The van der Waals surface area contributed by atoms with Crippen molar-refractivity contribution in [3.05, 3.63) is 76.7 Å². The number of ether oxygens (including phenoxy) is 3. The average Bonchev–Trinajstić information content (AvgIpc) is 3.48. The van der Waals surface area contributed by atoms with E-state index in [4.69, 9.17) is 18.7 Å². The summed E-state index contributed by atoms with van der Waals surface area (Å²) in [6.45, 7) is 4.08. The minimum Gasteiger partial charge on any atom is -0.497 e. The Morgan fingerprint density at radius 1 is 1.06 bits per heavy atom. The Bertz CT molecular complexity index is 1170. The van der Waals surface area contributed by atoms with Crippen molar-refractivity contribution in [2.75, 3.05) is 14.2 Å². The van der Waals surface area contributed by atoms with Crippen LogP contribution in [-0.2, 0) is 16.9 Å². The monoisotopic (exact) mass is 476 g/mol. The van der Waals surface area contributed by atoms with Gasteiger partial charge < -0.3 is 24.1 Å². The summed E-state index contributed by atoms with van der Waals surface area (Å²) in [6.07, 6.45) is 7.37. The number of carbonyl (C=O) groups is 1. The Labute approximate surface area is 206 Å². The lowest BCUT2D eigenvalue weighted by Crippen LogP contribution is -2.43. The second-order valence-corrected chi connectivity index (χ2v) is 8.84. The van der Waals surface area contributed by atoms with E-state index in [1.54, 1.807) is 26.4 Å². The fraction of sp³-hybridized carbons (Fsp3) is 0.357.